The first-order valence-corrected chi connectivity index (χ1v) is 8.68. The number of hydrogen-bond donors (Lipinski definition) is 1. The summed E-state index contributed by atoms with van der Waals surface area (Å²) in [7, 11) is 0. The zero-order valence-corrected chi connectivity index (χ0v) is 15.5. The van der Waals surface area contributed by atoms with Gasteiger partial charge in [0.15, 0.2) is 10.6 Å². The molecular weight excluding hydrogens is 406 g/mol. The van der Waals surface area contributed by atoms with Crippen molar-refractivity contribution in [3.63, 3.8) is 0 Å². The number of benzene rings is 2. The lowest BCUT2D eigenvalue weighted by molar-refractivity contribution is -0.114. The predicted molar refractivity (Wildman–Crippen MR) is 102 cm³/mol. The summed E-state index contributed by atoms with van der Waals surface area (Å²) in [5.41, 5.74) is 2.55. The van der Waals surface area contributed by atoms with Gasteiger partial charge >= 0.3 is 0 Å². The highest BCUT2D eigenvalue weighted by molar-refractivity contribution is 6.54. The molecule has 0 aliphatic carbocycles. The van der Waals surface area contributed by atoms with E-state index in [1.807, 2.05) is 6.07 Å². The van der Waals surface area contributed by atoms with Gasteiger partial charge in [-0.2, -0.15) is 0 Å². The molecule has 0 bridgehead atoms. The van der Waals surface area contributed by atoms with E-state index >= 15 is 0 Å². The molecule has 4 nitrogen and oxygen atoms in total. The van der Waals surface area contributed by atoms with Gasteiger partial charge in [0.25, 0.3) is 5.91 Å². The lowest BCUT2D eigenvalue weighted by Crippen LogP contribution is -2.18. The molecule has 0 fully saturated rings. The smallest absolute Gasteiger partial charge is 0.257 e. The molecule has 8 heteroatoms. The SMILES string of the molecule is O=C(Nc1cccc(-c2cc(-c3ccc(Cl)cc3Cl)no2)c1)C(Cl)Cl. The minimum absolute atomic E-state index is 0.476. The van der Waals surface area contributed by atoms with Crippen molar-refractivity contribution in [1.29, 1.82) is 0 Å². The number of rotatable bonds is 4. The van der Waals surface area contributed by atoms with Gasteiger partial charge in [0.2, 0.25) is 0 Å². The van der Waals surface area contributed by atoms with Crippen molar-refractivity contribution in [3.8, 4) is 22.6 Å². The Morgan fingerprint density at radius 1 is 1.08 bits per heavy atom. The van der Waals surface area contributed by atoms with E-state index in [1.54, 1.807) is 42.5 Å². The van der Waals surface area contributed by atoms with Gasteiger partial charge in [-0.1, -0.05) is 63.7 Å². The van der Waals surface area contributed by atoms with Crippen LogP contribution in [0, 0.1) is 0 Å². The highest BCUT2D eigenvalue weighted by atomic mass is 35.5. The quantitative estimate of drug-likeness (QED) is 0.527. The van der Waals surface area contributed by atoms with Gasteiger partial charge in [-0.25, -0.2) is 0 Å². The number of nitrogens with one attached hydrogen (secondary N) is 1. The molecule has 0 atom stereocenters. The van der Waals surface area contributed by atoms with E-state index in [0.29, 0.717) is 32.8 Å². The Kier molecular flexibility index (Phi) is 5.54. The van der Waals surface area contributed by atoms with Crippen LogP contribution in [-0.4, -0.2) is 15.9 Å². The van der Waals surface area contributed by atoms with Crippen LogP contribution in [0.15, 0.2) is 53.1 Å². The lowest BCUT2D eigenvalue weighted by atomic mass is 10.1. The molecule has 0 radical (unpaired) electrons. The van der Waals surface area contributed by atoms with Crippen molar-refractivity contribution in [3.05, 3.63) is 58.6 Å². The first-order valence-electron chi connectivity index (χ1n) is 7.05. The van der Waals surface area contributed by atoms with Crippen molar-refractivity contribution in [2.45, 2.75) is 4.84 Å². The monoisotopic (exact) mass is 414 g/mol. The summed E-state index contributed by atoms with van der Waals surface area (Å²) in [4.78, 5) is 10.4. The van der Waals surface area contributed by atoms with Gasteiger partial charge in [0.1, 0.15) is 5.69 Å². The van der Waals surface area contributed by atoms with Gasteiger partial charge in [-0.15, -0.1) is 0 Å². The van der Waals surface area contributed by atoms with Gasteiger partial charge in [0.05, 0.1) is 5.02 Å². The number of nitrogens with zero attached hydrogens (tertiary/aromatic N) is 1. The summed E-state index contributed by atoms with van der Waals surface area (Å²) < 4.78 is 5.39. The molecule has 0 aliphatic rings. The number of halogens is 4. The van der Waals surface area contributed by atoms with E-state index in [1.165, 1.54) is 0 Å². The number of amides is 1. The summed E-state index contributed by atoms with van der Waals surface area (Å²) in [6, 6.07) is 13.9. The van der Waals surface area contributed by atoms with Gasteiger partial charge < -0.3 is 9.84 Å². The van der Waals surface area contributed by atoms with Crippen molar-refractivity contribution in [2.75, 3.05) is 5.32 Å². The van der Waals surface area contributed by atoms with Crippen molar-refractivity contribution >= 4 is 58.0 Å². The first kappa shape index (κ1) is 18.1. The Hall–Kier alpha value is -1.72. The van der Waals surface area contributed by atoms with Gasteiger partial charge in [-0.05, 0) is 30.3 Å². The zero-order valence-electron chi connectivity index (χ0n) is 12.5. The average Bonchev–Trinajstić information content (AvgIpc) is 3.04. The van der Waals surface area contributed by atoms with E-state index in [9.17, 15) is 4.79 Å². The van der Waals surface area contributed by atoms with Crippen LogP contribution in [0.3, 0.4) is 0 Å². The maximum atomic E-state index is 11.6. The van der Waals surface area contributed by atoms with Crippen LogP contribution in [0.4, 0.5) is 5.69 Å². The highest BCUT2D eigenvalue weighted by Crippen LogP contribution is 2.32. The summed E-state index contributed by atoms with van der Waals surface area (Å²) in [6.07, 6.45) is 0. The van der Waals surface area contributed by atoms with E-state index in [2.05, 4.69) is 10.5 Å². The minimum Gasteiger partial charge on any atom is -0.356 e. The fourth-order valence-corrected chi connectivity index (χ4v) is 2.80. The molecule has 1 N–H and O–H groups in total. The molecule has 2 aromatic carbocycles. The second-order valence-electron chi connectivity index (χ2n) is 5.07. The largest absolute Gasteiger partial charge is 0.356 e. The number of carbonyl (C=O) groups is 1. The highest BCUT2D eigenvalue weighted by Gasteiger charge is 2.14. The Balaban J connectivity index is 1.88. The molecule has 1 amide bonds. The van der Waals surface area contributed by atoms with Crippen LogP contribution < -0.4 is 5.32 Å². The Labute approximate surface area is 163 Å². The molecule has 3 rings (SSSR count). The fourth-order valence-electron chi connectivity index (χ4n) is 2.18. The normalized spacial score (nSPS) is 10.9. The Morgan fingerprint density at radius 3 is 2.60 bits per heavy atom. The molecule has 1 heterocycles. The summed E-state index contributed by atoms with van der Waals surface area (Å²) in [5.74, 6) is 0.0112. The molecule has 25 heavy (non-hydrogen) atoms. The number of aromatic nitrogens is 1. The molecule has 1 aromatic heterocycles. The third kappa shape index (κ3) is 4.28. The zero-order chi connectivity index (χ0) is 18.0. The van der Waals surface area contributed by atoms with Crippen LogP contribution >= 0.6 is 46.4 Å². The molecule has 128 valence electrons. The van der Waals surface area contributed by atoms with Crippen LogP contribution in [0.2, 0.25) is 10.0 Å². The Bertz CT molecular complexity index is 925. The van der Waals surface area contributed by atoms with Crippen molar-refractivity contribution in [2.24, 2.45) is 0 Å². The van der Waals surface area contributed by atoms with Crippen LogP contribution in [0.5, 0.6) is 0 Å². The van der Waals surface area contributed by atoms with E-state index in [4.69, 9.17) is 50.9 Å². The molecule has 0 saturated carbocycles. The van der Waals surface area contributed by atoms with E-state index in [-0.39, 0.29) is 0 Å². The lowest BCUT2D eigenvalue weighted by Gasteiger charge is -2.06. The summed E-state index contributed by atoms with van der Waals surface area (Å²) in [6.45, 7) is 0. The molecule has 0 spiro atoms. The van der Waals surface area contributed by atoms with E-state index in [0.717, 1.165) is 5.56 Å². The number of hydrogen-bond acceptors (Lipinski definition) is 3. The molecule has 0 aliphatic heterocycles. The van der Waals surface area contributed by atoms with Crippen LogP contribution in [-0.2, 0) is 4.79 Å². The second-order valence-corrected chi connectivity index (χ2v) is 7.01. The fraction of sp³-hybridized carbons (Fsp3) is 0.0588. The summed E-state index contributed by atoms with van der Waals surface area (Å²) in [5, 5.41) is 7.66. The standard InChI is InChI=1S/C17H10Cl4N2O2/c18-10-4-5-12(13(19)7-10)14-8-15(25-23-14)9-2-1-3-11(6-9)22-17(24)16(20)21/h1-8,16H,(H,22,24). The third-order valence-corrected chi connectivity index (χ3v) is 4.27. The number of alkyl halides is 2. The van der Waals surface area contributed by atoms with Gasteiger partial charge in [0, 0.05) is 27.9 Å². The molecule has 0 saturated heterocycles. The first-order chi connectivity index (χ1) is 11.9. The number of carbonyl (C=O) groups excluding carboxylic acids is 1. The third-order valence-electron chi connectivity index (χ3n) is 3.33. The van der Waals surface area contributed by atoms with Crippen LogP contribution in [0.1, 0.15) is 0 Å². The average molecular weight is 416 g/mol. The maximum absolute atomic E-state index is 11.6. The Morgan fingerprint density at radius 2 is 1.88 bits per heavy atom. The predicted octanol–water partition coefficient (Wildman–Crippen LogP) is 6.06. The van der Waals surface area contributed by atoms with Crippen molar-refractivity contribution < 1.29 is 9.32 Å². The molecule has 0 unspecified atom stereocenters. The van der Waals surface area contributed by atoms with E-state index < -0.39 is 10.7 Å². The second kappa shape index (κ2) is 7.67. The number of anilines is 1. The maximum Gasteiger partial charge on any atom is 0.257 e. The minimum atomic E-state index is -1.15. The molecule has 3 aromatic rings. The van der Waals surface area contributed by atoms with Gasteiger partial charge in [-0.3, -0.25) is 4.79 Å². The topological polar surface area (TPSA) is 55.1 Å². The molecular formula is C17H10Cl4N2O2. The van der Waals surface area contributed by atoms with Crippen molar-refractivity contribution in [1.82, 2.24) is 5.16 Å². The summed E-state index contributed by atoms with van der Waals surface area (Å²) >= 11 is 23.2. The van der Waals surface area contributed by atoms with Crippen LogP contribution in [0.25, 0.3) is 22.6 Å².